The van der Waals surface area contributed by atoms with Gasteiger partial charge in [0.05, 0.1) is 12.0 Å². The Morgan fingerprint density at radius 3 is 2.70 bits per heavy atom. The Balaban J connectivity index is 2.90. The van der Waals surface area contributed by atoms with Crippen LogP contribution in [0.25, 0.3) is 0 Å². The average Bonchev–Trinajstić information content (AvgIpc) is 2.42. The second kappa shape index (κ2) is 7.29. The van der Waals surface area contributed by atoms with Crippen molar-refractivity contribution in [3.05, 3.63) is 28.3 Å². The molecule has 110 valence electrons. The van der Waals surface area contributed by atoms with Gasteiger partial charge in [0.1, 0.15) is 6.04 Å². The molecule has 0 saturated heterocycles. The number of hydrogen-bond donors (Lipinski definition) is 2. The summed E-state index contributed by atoms with van der Waals surface area (Å²) < 4.78 is 9.76. The van der Waals surface area contributed by atoms with E-state index in [1.807, 2.05) is 0 Å². The molecule has 8 nitrogen and oxygen atoms in total. The lowest BCUT2D eigenvalue weighted by molar-refractivity contribution is -0.385. The third-order valence-electron chi connectivity index (χ3n) is 2.63. The Morgan fingerprint density at radius 1 is 1.50 bits per heavy atom. The van der Waals surface area contributed by atoms with Crippen molar-refractivity contribution in [3.63, 3.8) is 0 Å². The van der Waals surface area contributed by atoms with E-state index in [1.165, 1.54) is 32.4 Å². The van der Waals surface area contributed by atoms with Gasteiger partial charge in [-0.05, 0) is 6.07 Å². The Morgan fingerprint density at radius 2 is 2.20 bits per heavy atom. The van der Waals surface area contributed by atoms with E-state index in [2.05, 4.69) is 5.32 Å². The van der Waals surface area contributed by atoms with Gasteiger partial charge in [-0.25, -0.2) is 4.79 Å². The van der Waals surface area contributed by atoms with Gasteiger partial charge in [-0.1, -0.05) is 0 Å². The van der Waals surface area contributed by atoms with E-state index in [0.29, 0.717) is 5.69 Å². The quantitative estimate of drug-likeness (QED) is 0.549. The number of rotatable bonds is 8. The Labute approximate surface area is 115 Å². The number of nitro groups is 1. The van der Waals surface area contributed by atoms with Crippen LogP contribution in [0.4, 0.5) is 11.4 Å². The first-order valence-corrected chi connectivity index (χ1v) is 5.80. The second-order valence-corrected chi connectivity index (χ2v) is 3.96. The third kappa shape index (κ3) is 4.09. The number of anilines is 1. The molecule has 0 radical (unpaired) electrons. The number of nitrogens with one attached hydrogen (secondary N) is 1. The van der Waals surface area contributed by atoms with Gasteiger partial charge in [0.2, 0.25) is 0 Å². The molecule has 0 aromatic heterocycles. The third-order valence-corrected chi connectivity index (χ3v) is 2.63. The van der Waals surface area contributed by atoms with E-state index < -0.39 is 16.9 Å². The van der Waals surface area contributed by atoms with Crippen LogP contribution in [0.2, 0.25) is 0 Å². The zero-order valence-corrected chi connectivity index (χ0v) is 11.2. The van der Waals surface area contributed by atoms with Crippen molar-refractivity contribution in [1.82, 2.24) is 0 Å². The maximum absolute atomic E-state index is 11.1. The monoisotopic (exact) mass is 284 g/mol. The molecular weight excluding hydrogens is 268 g/mol. The minimum atomic E-state index is -1.03. The van der Waals surface area contributed by atoms with Crippen molar-refractivity contribution in [2.24, 2.45) is 0 Å². The van der Waals surface area contributed by atoms with Crippen LogP contribution in [0.15, 0.2) is 18.2 Å². The van der Waals surface area contributed by atoms with E-state index in [1.54, 1.807) is 0 Å². The summed E-state index contributed by atoms with van der Waals surface area (Å²) in [5, 5.41) is 22.6. The smallest absolute Gasteiger partial charge is 0.326 e. The molecule has 1 unspecified atom stereocenters. The number of nitrogens with zero attached hydrogens (tertiary/aromatic N) is 1. The van der Waals surface area contributed by atoms with Crippen LogP contribution in [-0.4, -0.2) is 42.9 Å². The molecule has 2 N–H and O–H groups in total. The Bertz CT molecular complexity index is 491. The molecule has 0 heterocycles. The SMILES string of the molecule is COCCC(Nc1ccc([N+](=O)[O-])c(OC)c1)C(=O)O. The largest absolute Gasteiger partial charge is 0.490 e. The first-order valence-electron chi connectivity index (χ1n) is 5.80. The summed E-state index contributed by atoms with van der Waals surface area (Å²) in [6.07, 6.45) is 0.269. The van der Waals surface area contributed by atoms with Gasteiger partial charge in [-0.15, -0.1) is 0 Å². The van der Waals surface area contributed by atoms with Gasteiger partial charge in [-0.3, -0.25) is 10.1 Å². The topological polar surface area (TPSA) is 111 Å². The molecule has 0 bridgehead atoms. The molecule has 20 heavy (non-hydrogen) atoms. The zero-order chi connectivity index (χ0) is 15.1. The molecule has 1 aromatic rings. The standard InChI is InChI=1S/C12H16N2O6/c1-19-6-5-9(12(15)16)13-8-3-4-10(14(17)18)11(7-8)20-2/h3-4,7,9,13H,5-6H2,1-2H3,(H,15,16). The van der Waals surface area contributed by atoms with Crippen LogP contribution >= 0.6 is 0 Å². The highest BCUT2D eigenvalue weighted by Gasteiger charge is 2.19. The van der Waals surface area contributed by atoms with E-state index in [0.717, 1.165) is 0 Å². The van der Waals surface area contributed by atoms with Gasteiger partial charge in [-0.2, -0.15) is 0 Å². The Kier molecular flexibility index (Phi) is 5.73. The summed E-state index contributed by atoms with van der Waals surface area (Å²) in [4.78, 5) is 21.3. The number of nitro benzene ring substituents is 1. The summed E-state index contributed by atoms with van der Waals surface area (Å²) >= 11 is 0. The normalized spacial score (nSPS) is 11.7. The van der Waals surface area contributed by atoms with Crippen LogP contribution in [-0.2, 0) is 9.53 Å². The summed E-state index contributed by atoms with van der Waals surface area (Å²) in [6.45, 7) is 0.286. The van der Waals surface area contributed by atoms with Crippen molar-refractivity contribution >= 4 is 17.3 Å². The fourth-order valence-electron chi connectivity index (χ4n) is 1.61. The number of carboxylic acids is 1. The number of carboxylic acid groups (broad SMARTS) is 1. The van der Waals surface area contributed by atoms with Gasteiger partial charge < -0.3 is 19.9 Å². The van der Waals surface area contributed by atoms with E-state index in [-0.39, 0.29) is 24.5 Å². The molecule has 0 amide bonds. The number of ether oxygens (including phenoxy) is 2. The van der Waals surface area contributed by atoms with Gasteiger partial charge >= 0.3 is 11.7 Å². The zero-order valence-electron chi connectivity index (χ0n) is 11.2. The summed E-state index contributed by atoms with van der Waals surface area (Å²) in [5.41, 5.74) is 0.248. The van der Waals surface area contributed by atoms with Crippen LogP contribution in [0.5, 0.6) is 5.75 Å². The fourth-order valence-corrected chi connectivity index (χ4v) is 1.61. The lowest BCUT2D eigenvalue weighted by atomic mass is 10.2. The number of carbonyl (C=O) groups is 1. The van der Waals surface area contributed by atoms with Crippen molar-refractivity contribution in [2.45, 2.75) is 12.5 Å². The van der Waals surface area contributed by atoms with Gasteiger partial charge in [0, 0.05) is 38.0 Å². The Hall–Kier alpha value is -2.35. The number of aliphatic carboxylic acids is 1. The van der Waals surface area contributed by atoms with Gasteiger partial charge in [0.15, 0.2) is 5.75 Å². The van der Waals surface area contributed by atoms with Gasteiger partial charge in [0.25, 0.3) is 0 Å². The lowest BCUT2D eigenvalue weighted by Gasteiger charge is -2.15. The summed E-state index contributed by atoms with van der Waals surface area (Å²) in [7, 11) is 2.79. The van der Waals surface area contributed by atoms with Crippen molar-refractivity contribution in [1.29, 1.82) is 0 Å². The van der Waals surface area contributed by atoms with Crippen molar-refractivity contribution in [2.75, 3.05) is 26.1 Å². The molecule has 1 aromatic carbocycles. The van der Waals surface area contributed by atoms with Crippen molar-refractivity contribution < 1.29 is 24.3 Å². The van der Waals surface area contributed by atoms with E-state index >= 15 is 0 Å². The lowest BCUT2D eigenvalue weighted by Crippen LogP contribution is -2.30. The molecule has 8 heteroatoms. The minimum absolute atomic E-state index is 0.0656. The molecular formula is C12H16N2O6. The van der Waals surface area contributed by atoms with Crippen molar-refractivity contribution in [3.8, 4) is 5.75 Å². The van der Waals surface area contributed by atoms with E-state index in [9.17, 15) is 14.9 Å². The average molecular weight is 284 g/mol. The molecule has 0 fully saturated rings. The van der Waals surface area contributed by atoms with Crippen LogP contribution in [0.1, 0.15) is 6.42 Å². The van der Waals surface area contributed by atoms with E-state index in [4.69, 9.17) is 14.6 Å². The van der Waals surface area contributed by atoms with Crippen LogP contribution < -0.4 is 10.1 Å². The number of hydrogen-bond acceptors (Lipinski definition) is 6. The molecule has 0 spiro atoms. The first kappa shape index (κ1) is 15.7. The first-order chi connectivity index (χ1) is 9.49. The molecule has 1 atom stereocenters. The number of benzene rings is 1. The minimum Gasteiger partial charge on any atom is -0.490 e. The van der Waals surface area contributed by atoms with Crippen LogP contribution in [0, 0.1) is 10.1 Å². The summed E-state index contributed by atoms with van der Waals surface area (Å²) in [6, 6.07) is 3.24. The highest BCUT2D eigenvalue weighted by molar-refractivity contribution is 5.77. The maximum Gasteiger partial charge on any atom is 0.326 e. The van der Waals surface area contributed by atoms with Crippen LogP contribution in [0.3, 0.4) is 0 Å². The second-order valence-electron chi connectivity index (χ2n) is 3.96. The molecule has 0 saturated carbocycles. The molecule has 1 rings (SSSR count). The highest BCUT2D eigenvalue weighted by atomic mass is 16.6. The predicted molar refractivity (Wildman–Crippen MR) is 71.2 cm³/mol. The fraction of sp³-hybridized carbons (Fsp3) is 0.417. The highest BCUT2D eigenvalue weighted by Crippen LogP contribution is 2.30. The molecule has 0 aliphatic heterocycles. The summed E-state index contributed by atoms with van der Waals surface area (Å²) in [5.74, 6) is -0.963. The maximum atomic E-state index is 11.1. The predicted octanol–water partition coefficient (Wildman–Crippen LogP) is 1.50. The molecule has 0 aliphatic carbocycles. The molecule has 0 aliphatic rings. The number of methoxy groups -OCH3 is 2.